The smallest absolute Gasteiger partial charge is 0.341 e. The number of hydrogen-bond acceptors (Lipinski definition) is 4. The molecule has 86 valence electrons. The van der Waals surface area contributed by atoms with Gasteiger partial charge in [-0.2, -0.15) is 0 Å². The third-order valence-electron chi connectivity index (χ3n) is 2.36. The van der Waals surface area contributed by atoms with Crippen LogP contribution in [-0.4, -0.2) is 16.9 Å². The molecule has 0 aliphatic carbocycles. The Hall–Kier alpha value is -2.56. The average molecular weight is 231 g/mol. The summed E-state index contributed by atoms with van der Waals surface area (Å²) in [5, 5.41) is 9.52. The quantitative estimate of drug-likeness (QED) is 0.361. The van der Waals surface area contributed by atoms with E-state index in [9.17, 15) is 9.59 Å². The molecule has 0 bridgehead atoms. The second-order valence-electron chi connectivity index (χ2n) is 3.39. The number of benzene rings is 1. The highest BCUT2D eigenvalue weighted by Crippen LogP contribution is 2.18. The van der Waals surface area contributed by atoms with Crippen LogP contribution in [0.25, 0.3) is 11.0 Å². The summed E-state index contributed by atoms with van der Waals surface area (Å²) in [5.41, 5.74) is 5.57. The Labute approximate surface area is 96.1 Å². The molecule has 0 atom stereocenters. The number of carboxylic acid groups (broad SMARTS) is 1. The molecule has 5 nitrogen and oxygen atoms in total. The Morgan fingerprint density at radius 1 is 1.29 bits per heavy atom. The molecule has 1 heterocycles. The first-order chi connectivity index (χ1) is 8.13. The molecule has 0 spiro atoms. The molecular formula is C12H9NO4. The van der Waals surface area contributed by atoms with Crippen molar-refractivity contribution in [1.82, 2.24) is 0 Å². The van der Waals surface area contributed by atoms with Gasteiger partial charge in [-0.05, 0) is 24.3 Å². The van der Waals surface area contributed by atoms with Gasteiger partial charge in [-0.1, -0.05) is 0 Å². The number of hydrogen-bond donors (Lipinski definition) is 2. The van der Waals surface area contributed by atoms with Gasteiger partial charge in [-0.25, -0.2) is 4.79 Å². The minimum atomic E-state index is -1.34. The Morgan fingerprint density at radius 3 is 2.71 bits per heavy atom. The topological polar surface area (TPSA) is 93.5 Å². The lowest BCUT2D eigenvalue weighted by Crippen LogP contribution is -2.14. The number of nitrogens with two attached hydrogens (primary N) is 1. The molecule has 0 aliphatic heterocycles. The van der Waals surface area contributed by atoms with E-state index in [0.717, 1.165) is 11.6 Å². The van der Waals surface area contributed by atoms with Crippen molar-refractivity contribution in [2.24, 2.45) is 5.73 Å². The molecule has 0 saturated heterocycles. The van der Waals surface area contributed by atoms with Crippen LogP contribution in [-0.2, 0) is 4.79 Å². The van der Waals surface area contributed by atoms with Crippen molar-refractivity contribution in [2.45, 2.75) is 0 Å². The van der Waals surface area contributed by atoms with Crippen LogP contribution in [0, 0.1) is 0 Å². The Kier molecular flexibility index (Phi) is 2.66. The molecule has 1 aromatic heterocycles. The van der Waals surface area contributed by atoms with Gasteiger partial charge in [0.05, 0.1) is 6.26 Å². The first kappa shape index (κ1) is 10.9. The molecule has 0 radical (unpaired) electrons. The van der Waals surface area contributed by atoms with E-state index in [4.69, 9.17) is 15.3 Å². The molecule has 0 fully saturated rings. The van der Waals surface area contributed by atoms with Crippen molar-refractivity contribution < 1.29 is 19.1 Å². The molecule has 2 aromatic rings. The fourth-order valence-electron chi connectivity index (χ4n) is 1.51. The maximum atomic E-state index is 11.8. The number of ketones is 1. The SMILES string of the molecule is NC=C(C(=O)O)C(=O)c1ccc2occc2c1. The molecule has 5 heteroatoms. The van der Waals surface area contributed by atoms with E-state index in [1.165, 1.54) is 12.3 Å². The van der Waals surface area contributed by atoms with E-state index in [1.807, 2.05) is 0 Å². The van der Waals surface area contributed by atoms with Gasteiger partial charge in [0, 0.05) is 17.1 Å². The first-order valence-electron chi connectivity index (χ1n) is 4.80. The van der Waals surface area contributed by atoms with Crippen molar-refractivity contribution in [2.75, 3.05) is 0 Å². The zero-order valence-electron chi connectivity index (χ0n) is 8.71. The molecule has 0 unspecified atom stereocenters. The number of fused-ring (bicyclic) bond motifs is 1. The molecule has 0 aliphatic rings. The van der Waals surface area contributed by atoms with Crippen molar-refractivity contribution in [3.05, 3.63) is 47.9 Å². The van der Waals surface area contributed by atoms with E-state index >= 15 is 0 Å². The monoisotopic (exact) mass is 231 g/mol. The van der Waals surface area contributed by atoms with Gasteiger partial charge in [0.25, 0.3) is 0 Å². The van der Waals surface area contributed by atoms with E-state index in [-0.39, 0.29) is 5.56 Å². The minimum absolute atomic E-state index is 0.262. The highest BCUT2D eigenvalue weighted by Gasteiger charge is 2.18. The normalized spacial score (nSPS) is 11.6. The lowest BCUT2D eigenvalue weighted by Gasteiger charge is -2.01. The highest BCUT2D eigenvalue weighted by molar-refractivity contribution is 6.24. The second-order valence-corrected chi connectivity index (χ2v) is 3.39. The zero-order valence-corrected chi connectivity index (χ0v) is 8.71. The average Bonchev–Trinajstić information content (AvgIpc) is 2.75. The summed E-state index contributed by atoms with van der Waals surface area (Å²) in [6, 6.07) is 6.37. The van der Waals surface area contributed by atoms with Gasteiger partial charge in [-0.3, -0.25) is 4.79 Å². The van der Waals surface area contributed by atoms with Crippen molar-refractivity contribution in [3.63, 3.8) is 0 Å². The summed E-state index contributed by atoms with van der Waals surface area (Å²) in [7, 11) is 0. The lowest BCUT2D eigenvalue weighted by molar-refractivity contribution is -0.132. The number of rotatable bonds is 3. The molecule has 0 amide bonds. The predicted molar refractivity (Wildman–Crippen MR) is 60.5 cm³/mol. The highest BCUT2D eigenvalue weighted by atomic mass is 16.4. The second kappa shape index (κ2) is 4.13. The summed E-state index contributed by atoms with van der Waals surface area (Å²) in [6.45, 7) is 0. The maximum Gasteiger partial charge on any atom is 0.341 e. The number of carbonyl (C=O) groups excluding carboxylic acids is 1. The molecular weight excluding hydrogens is 222 g/mol. The number of Topliss-reactive ketones (excluding diaryl/α,β-unsaturated/α-hetero) is 1. The van der Waals surface area contributed by atoms with Crippen LogP contribution in [0.5, 0.6) is 0 Å². The van der Waals surface area contributed by atoms with Gasteiger partial charge in [0.15, 0.2) is 0 Å². The largest absolute Gasteiger partial charge is 0.477 e. The molecule has 2 rings (SSSR count). The Balaban J connectivity index is 2.46. The maximum absolute atomic E-state index is 11.8. The standard InChI is InChI=1S/C12H9NO4/c13-6-9(12(15)16)11(14)8-1-2-10-7(5-8)3-4-17-10/h1-6H,13H2,(H,15,16). The summed E-state index contributed by atoms with van der Waals surface area (Å²) in [5.74, 6) is -1.96. The minimum Gasteiger partial charge on any atom is -0.477 e. The van der Waals surface area contributed by atoms with E-state index < -0.39 is 17.3 Å². The van der Waals surface area contributed by atoms with Crippen LogP contribution < -0.4 is 5.73 Å². The molecule has 1 aromatic carbocycles. The lowest BCUT2D eigenvalue weighted by atomic mass is 10.0. The summed E-state index contributed by atoms with van der Waals surface area (Å²) >= 11 is 0. The Morgan fingerprint density at radius 2 is 2.06 bits per heavy atom. The zero-order chi connectivity index (χ0) is 12.4. The van der Waals surface area contributed by atoms with Gasteiger partial charge in [0.1, 0.15) is 11.2 Å². The molecule has 3 N–H and O–H groups in total. The summed E-state index contributed by atoms with van der Waals surface area (Å²) < 4.78 is 5.12. The van der Waals surface area contributed by atoms with Crippen LogP contribution in [0.4, 0.5) is 0 Å². The van der Waals surface area contributed by atoms with Crippen LogP contribution in [0.3, 0.4) is 0 Å². The first-order valence-corrected chi connectivity index (χ1v) is 4.80. The van der Waals surface area contributed by atoms with Crippen molar-refractivity contribution >= 4 is 22.7 Å². The summed E-state index contributed by atoms with van der Waals surface area (Å²) in [4.78, 5) is 22.6. The number of furan rings is 1. The van der Waals surface area contributed by atoms with Gasteiger partial charge in [-0.15, -0.1) is 0 Å². The molecule has 0 saturated carbocycles. The van der Waals surface area contributed by atoms with E-state index in [1.54, 1.807) is 18.2 Å². The van der Waals surface area contributed by atoms with Crippen molar-refractivity contribution in [1.29, 1.82) is 0 Å². The number of carboxylic acids is 1. The van der Waals surface area contributed by atoms with Gasteiger partial charge < -0.3 is 15.3 Å². The van der Waals surface area contributed by atoms with E-state index in [0.29, 0.717) is 5.58 Å². The third-order valence-corrected chi connectivity index (χ3v) is 2.36. The fraction of sp³-hybridized carbons (Fsp3) is 0. The van der Waals surface area contributed by atoms with Crippen LogP contribution in [0.1, 0.15) is 10.4 Å². The predicted octanol–water partition coefficient (Wildman–Crippen LogP) is 1.54. The number of aliphatic carboxylic acids is 1. The Bertz CT molecular complexity index is 624. The van der Waals surface area contributed by atoms with Crippen LogP contribution >= 0.6 is 0 Å². The third kappa shape index (κ3) is 1.90. The summed E-state index contributed by atoms with van der Waals surface area (Å²) in [6.07, 6.45) is 2.29. The van der Waals surface area contributed by atoms with Crippen LogP contribution in [0.2, 0.25) is 0 Å². The van der Waals surface area contributed by atoms with Crippen molar-refractivity contribution in [3.8, 4) is 0 Å². The fourth-order valence-corrected chi connectivity index (χ4v) is 1.51. The van der Waals surface area contributed by atoms with E-state index in [2.05, 4.69) is 0 Å². The van der Waals surface area contributed by atoms with Gasteiger partial charge >= 0.3 is 5.97 Å². The van der Waals surface area contributed by atoms with Gasteiger partial charge in [0.2, 0.25) is 5.78 Å². The van der Waals surface area contributed by atoms with Crippen LogP contribution in [0.15, 0.2) is 46.7 Å². The molecule has 17 heavy (non-hydrogen) atoms. The number of carbonyl (C=O) groups is 2.